The third-order valence-electron chi connectivity index (χ3n) is 1.96. The summed E-state index contributed by atoms with van der Waals surface area (Å²) in [4.78, 5) is 0. The average molecular weight is 189 g/mol. The lowest BCUT2D eigenvalue weighted by molar-refractivity contribution is 0.871. The van der Waals surface area contributed by atoms with Crippen LogP contribution in [0.1, 0.15) is 11.1 Å². The Hall–Kier alpha value is -2.04. The van der Waals surface area contributed by atoms with Gasteiger partial charge in [-0.1, -0.05) is 24.3 Å². The molecule has 0 fully saturated rings. The van der Waals surface area contributed by atoms with E-state index in [1.165, 1.54) is 0 Å². The molecule has 5 nitrogen and oxygen atoms in total. The van der Waals surface area contributed by atoms with Crippen LogP contribution in [0.25, 0.3) is 0 Å². The van der Waals surface area contributed by atoms with Gasteiger partial charge in [-0.05, 0) is 12.5 Å². The summed E-state index contributed by atoms with van der Waals surface area (Å²) >= 11 is 0. The highest BCUT2D eigenvalue weighted by atomic mass is 15.5. The van der Waals surface area contributed by atoms with Crippen molar-refractivity contribution < 1.29 is 0 Å². The smallest absolute Gasteiger partial charge is 0.232 e. The van der Waals surface area contributed by atoms with Gasteiger partial charge < -0.3 is 5.73 Å². The van der Waals surface area contributed by atoms with Gasteiger partial charge in [-0.3, -0.25) is 5.43 Å². The van der Waals surface area contributed by atoms with Crippen molar-refractivity contribution in [3.05, 3.63) is 35.4 Å². The number of hydrazone groups is 2. The summed E-state index contributed by atoms with van der Waals surface area (Å²) in [6, 6.07) is 7.92. The molecular formula is C9H11N5. The maximum absolute atomic E-state index is 5.38. The largest absolute Gasteiger partial charge is 0.367 e. The number of nitrogens with two attached hydrogens (primary N) is 1. The van der Waals surface area contributed by atoms with Crippen LogP contribution in [0.15, 0.2) is 34.5 Å². The van der Waals surface area contributed by atoms with Crippen LogP contribution in [-0.4, -0.2) is 11.8 Å². The predicted octanol–water partition coefficient (Wildman–Crippen LogP) is 0.0791. The van der Waals surface area contributed by atoms with Crippen molar-refractivity contribution in [3.63, 3.8) is 0 Å². The van der Waals surface area contributed by atoms with Crippen LogP contribution >= 0.6 is 0 Å². The Morgan fingerprint density at radius 2 is 1.93 bits per heavy atom. The molecule has 0 aromatic heterocycles. The van der Waals surface area contributed by atoms with Crippen LogP contribution in [0, 0.1) is 6.92 Å². The van der Waals surface area contributed by atoms with Crippen molar-refractivity contribution in [2.24, 2.45) is 15.9 Å². The lowest BCUT2D eigenvalue weighted by Crippen LogP contribution is -2.38. The molecule has 1 aliphatic heterocycles. The summed E-state index contributed by atoms with van der Waals surface area (Å²) in [5.41, 5.74) is 12.9. The van der Waals surface area contributed by atoms with Crippen LogP contribution in [0.4, 0.5) is 0 Å². The van der Waals surface area contributed by atoms with E-state index in [0.29, 0.717) is 5.84 Å². The second-order valence-electron chi connectivity index (χ2n) is 3.00. The van der Waals surface area contributed by atoms with Gasteiger partial charge in [0.1, 0.15) is 0 Å². The van der Waals surface area contributed by atoms with E-state index in [9.17, 15) is 0 Å². The maximum atomic E-state index is 5.38. The molecular weight excluding hydrogens is 178 g/mol. The van der Waals surface area contributed by atoms with Crippen LogP contribution in [-0.2, 0) is 0 Å². The van der Waals surface area contributed by atoms with E-state index >= 15 is 0 Å². The van der Waals surface area contributed by atoms with Gasteiger partial charge in [-0.2, -0.15) is 5.10 Å². The molecule has 0 saturated carbocycles. The Labute approximate surface area is 81.7 Å². The van der Waals surface area contributed by atoms with E-state index in [1.807, 2.05) is 31.2 Å². The van der Waals surface area contributed by atoms with Crippen LogP contribution in [0.2, 0.25) is 0 Å². The summed E-state index contributed by atoms with van der Waals surface area (Å²) < 4.78 is 0. The normalized spacial score (nSPS) is 14.9. The van der Waals surface area contributed by atoms with Crippen LogP contribution < -0.4 is 16.6 Å². The molecule has 0 aliphatic carbocycles. The van der Waals surface area contributed by atoms with Crippen molar-refractivity contribution >= 4 is 11.8 Å². The van der Waals surface area contributed by atoms with Gasteiger partial charge >= 0.3 is 0 Å². The highest BCUT2D eigenvalue weighted by molar-refractivity contribution is 6.02. The topological polar surface area (TPSA) is 74.8 Å². The minimum atomic E-state index is 0.266. The Bertz CT molecular complexity index is 407. The fourth-order valence-electron chi connectivity index (χ4n) is 1.24. The second kappa shape index (κ2) is 3.37. The first-order valence-electron chi connectivity index (χ1n) is 4.26. The highest BCUT2D eigenvalue weighted by Gasteiger charge is 2.08. The number of amidine groups is 1. The molecule has 5 heteroatoms. The lowest BCUT2D eigenvalue weighted by atomic mass is 10.1. The number of rotatable bonds is 1. The third kappa shape index (κ3) is 1.52. The monoisotopic (exact) mass is 189 g/mol. The lowest BCUT2D eigenvalue weighted by Gasteiger charge is -2.13. The number of aryl methyl sites for hydroxylation is 1. The van der Waals surface area contributed by atoms with E-state index < -0.39 is 0 Å². The molecule has 2 rings (SSSR count). The van der Waals surface area contributed by atoms with E-state index in [-0.39, 0.29) is 5.96 Å². The number of nitrogens with zero attached hydrogens (tertiary/aromatic N) is 2. The van der Waals surface area contributed by atoms with E-state index in [1.54, 1.807) is 0 Å². The summed E-state index contributed by atoms with van der Waals surface area (Å²) in [5.74, 6) is 0.944. The van der Waals surface area contributed by atoms with Gasteiger partial charge in [-0.25, -0.2) is 5.43 Å². The first-order valence-corrected chi connectivity index (χ1v) is 4.26. The number of benzene rings is 1. The summed E-state index contributed by atoms with van der Waals surface area (Å²) in [6.07, 6.45) is 0. The van der Waals surface area contributed by atoms with Crippen molar-refractivity contribution in [1.82, 2.24) is 10.9 Å². The Kier molecular flexibility index (Phi) is 2.06. The molecule has 0 atom stereocenters. The molecule has 1 aliphatic rings. The highest BCUT2D eigenvalue weighted by Crippen LogP contribution is 2.07. The quantitative estimate of drug-likeness (QED) is 0.585. The molecule has 1 aromatic carbocycles. The van der Waals surface area contributed by atoms with E-state index in [4.69, 9.17) is 5.73 Å². The second-order valence-corrected chi connectivity index (χ2v) is 3.00. The Morgan fingerprint density at radius 1 is 1.14 bits per heavy atom. The van der Waals surface area contributed by atoms with Crippen molar-refractivity contribution in [2.45, 2.75) is 6.92 Å². The predicted molar refractivity (Wildman–Crippen MR) is 55.6 cm³/mol. The number of hydrogen-bond donors (Lipinski definition) is 3. The SMILES string of the molecule is Cc1ccccc1C1=NNC(N)=NN1. The summed E-state index contributed by atoms with van der Waals surface area (Å²) in [5, 5.41) is 7.87. The fraction of sp³-hybridized carbons (Fsp3) is 0.111. The molecule has 0 radical (unpaired) electrons. The minimum absolute atomic E-state index is 0.266. The zero-order valence-corrected chi connectivity index (χ0v) is 7.78. The van der Waals surface area contributed by atoms with Crippen molar-refractivity contribution in [3.8, 4) is 0 Å². The fourth-order valence-corrected chi connectivity index (χ4v) is 1.24. The molecule has 1 heterocycles. The first kappa shape index (κ1) is 8.55. The summed E-state index contributed by atoms with van der Waals surface area (Å²) in [6.45, 7) is 2.02. The number of nitrogens with one attached hydrogen (secondary N) is 2. The zero-order chi connectivity index (χ0) is 9.97. The average Bonchev–Trinajstić information content (AvgIpc) is 2.20. The molecule has 72 valence electrons. The van der Waals surface area contributed by atoms with Crippen LogP contribution in [0.3, 0.4) is 0 Å². The van der Waals surface area contributed by atoms with E-state index in [2.05, 4.69) is 21.1 Å². The number of guanidine groups is 1. The minimum Gasteiger partial charge on any atom is -0.367 e. The van der Waals surface area contributed by atoms with Gasteiger partial charge in [0.25, 0.3) is 0 Å². The molecule has 0 bridgehead atoms. The molecule has 0 saturated heterocycles. The van der Waals surface area contributed by atoms with E-state index in [0.717, 1.165) is 11.1 Å². The third-order valence-corrected chi connectivity index (χ3v) is 1.96. The first-order chi connectivity index (χ1) is 6.77. The number of hydrogen-bond acceptors (Lipinski definition) is 5. The van der Waals surface area contributed by atoms with Gasteiger partial charge in [0.05, 0.1) is 0 Å². The van der Waals surface area contributed by atoms with Gasteiger partial charge in [0.15, 0.2) is 5.84 Å². The zero-order valence-electron chi connectivity index (χ0n) is 7.78. The molecule has 1 aromatic rings. The molecule has 0 amide bonds. The summed E-state index contributed by atoms with van der Waals surface area (Å²) in [7, 11) is 0. The van der Waals surface area contributed by atoms with Gasteiger partial charge in [-0.15, -0.1) is 5.10 Å². The van der Waals surface area contributed by atoms with Gasteiger partial charge in [0.2, 0.25) is 5.96 Å². The Morgan fingerprint density at radius 3 is 2.57 bits per heavy atom. The van der Waals surface area contributed by atoms with Gasteiger partial charge in [0, 0.05) is 5.56 Å². The molecule has 0 spiro atoms. The van der Waals surface area contributed by atoms with Crippen molar-refractivity contribution in [2.75, 3.05) is 0 Å². The standard InChI is InChI=1S/C9H11N5/c1-6-4-2-3-5-7(6)8-11-13-9(10)14-12-8/h2-5H,1H3,(H,11,12)(H3,10,13,14). The van der Waals surface area contributed by atoms with Crippen molar-refractivity contribution in [1.29, 1.82) is 0 Å². The maximum Gasteiger partial charge on any atom is 0.232 e. The molecule has 4 N–H and O–H groups in total. The molecule has 0 unspecified atom stereocenters. The molecule has 14 heavy (non-hydrogen) atoms. The Balaban J connectivity index is 2.30. The van der Waals surface area contributed by atoms with Crippen LogP contribution in [0.5, 0.6) is 0 Å².